The molecular formula is C12H12FN3O2. The van der Waals surface area contributed by atoms with Crippen molar-refractivity contribution in [2.75, 3.05) is 0 Å². The molecule has 3 rings (SSSR count). The van der Waals surface area contributed by atoms with E-state index in [4.69, 9.17) is 5.11 Å². The standard InChI is InChI=1S/C12H12FN3O2/c13-9-6-11-10(5-8(9)12(17)18)14-15-16(11)4-3-7-1-2-7/h5-7H,1-4H2,(H,17,18). The van der Waals surface area contributed by atoms with E-state index in [0.717, 1.165) is 12.3 Å². The van der Waals surface area contributed by atoms with Crippen LogP contribution >= 0.6 is 0 Å². The molecule has 1 aromatic carbocycles. The minimum atomic E-state index is -1.29. The predicted molar refractivity (Wildman–Crippen MR) is 61.8 cm³/mol. The Morgan fingerprint density at radius 2 is 2.28 bits per heavy atom. The van der Waals surface area contributed by atoms with Crippen LogP contribution in [-0.4, -0.2) is 26.1 Å². The lowest BCUT2D eigenvalue weighted by Gasteiger charge is -2.02. The first-order valence-corrected chi connectivity index (χ1v) is 5.91. The maximum atomic E-state index is 13.6. The van der Waals surface area contributed by atoms with E-state index in [2.05, 4.69) is 10.3 Å². The predicted octanol–water partition coefficient (Wildman–Crippen LogP) is 2.07. The third-order valence-electron chi connectivity index (χ3n) is 3.28. The van der Waals surface area contributed by atoms with Gasteiger partial charge in [0.1, 0.15) is 11.3 Å². The Hall–Kier alpha value is -1.98. The molecule has 1 aliphatic carbocycles. The normalized spacial score (nSPS) is 15.2. The molecule has 0 bridgehead atoms. The topological polar surface area (TPSA) is 68.0 Å². The maximum Gasteiger partial charge on any atom is 0.338 e. The molecule has 0 aliphatic heterocycles. The number of carboxylic acid groups (broad SMARTS) is 1. The molecule has 1 saturated carbocycles. The number of aromatic nitrogens is 3. The van der Waals surface area contributed by atoms with Gasteiger partial charge < -0.3 is 5.11 Å². The van der Waals surface area contributed by atoms with Gasteiger partial charge in [-0.2, -0.15) is 0 Å². The van der Waals surface area contributed by atoms with Gasteiger partial charge in [-0.15, -0.1) is 5.10 Å². The molecule has 0 atom stereocenters. The van der Waals surface area contributed by atoms with Crippen molar-refractivity contribution in [2.45, 2.75) is 25.8 Å². The Morgan fingerprint density at radius 1 is 1.50 bits per heavy atom. The van der Waals surface area contributed by atoms with E-state index < -0.39 is 11.8 Å². The highest BCUT2D eigenvalue weighted by Gasteiger charge is 2.21. The highest BCUT2D eigenvalue weighted by molar-refractivity contribution is 5.92. The van der Waals surface area contributed by atoms with Gasteiger partial charge in [0, 0.05) is 12.6 Å². The minimum absolute atomic E-state index is 0.364. The number of hydrogen-bond acceptors (Lipinski definition) is 3. The number of hydrogen-bond donors (Lipinski definition) is 1. The highest BCUT2D eigenvalue weighted by atomic mass is 19.1. The summed E-state index contributed by atoms with van der Waals surface area (Å²) >= 11 is 0. The zero-order chi connectivity index (χ0) is 12.7. The molecule has 6 heteroatoms. The third-order valence-corrected chi connectivity index (χ3v) is 3.28. The molecule has 0 saturated heterocycles. The number of halogens is 1. The molecule has 2 aromatic rings. The number of carbonyl (C=O) groups is 1. The van der Waals surface area contributed by atoms with Crippen LogP contribution in [0.15, 0.2) is 12.1 Å². The number of aromatic carboxylic acids is 1. The Kier molecular flexibility index (Phi) is 2.50. The monoisotopic (exact) mass is 249 g/mol. The maximum absolute atomic E-state index is 13.6. The SMILES string of the molecule is O=C(O)c1cc2nnn(CCC3CC3)c2cc1F. The smallest absolute Gasteiger partial charge is 0.338 e. The van der Waals surface area contributed by atoms with Crippen molar-refractivity contribution in [3.63, 3.8) is 0 Å². The van der Waals surface area contributed by atoms with Gasteiger partial charge in [-0.25, -0.2) is 13.9 Å². The van der Waals surface area contributed by atoms with Crippen molar-refractivity contribution in [1.29, 1.82) is 0 Å². The van der Waals surface area contributed by atoms with Crippen molar-refractivity contribution in [2.24, 2.45) is 5.92 Å². The summed E-state index contributed by atoms with van der Waals surface area (Å²) in [5.74, 6) is -1.28. The van der Waals surface area contributed by atoms with Crippen LogP contribution in [0, 0.1) is 11.7 Å². The fourth-order valence-corrected chi connectivity index (χ4v) is 2.03. The second kappa shape index (κ2) is 4.04. The van der Waals surface area contributed by atoms with Gasteiger partial charge in [-0.1, -0.05) is 18.1 Å². The van der Waals surface area contributed by atoms with Gasteiger partial charge in [-0.3, -0.25) is 0 Å². The fourth-order valence-electron chi connectivity index (χ4n) is 2.03. The van der Waals surface area contributed by atoms with Gasteiger partial charge in [0.15, 0.2) is 0 Å². The van der Waals surface area contributed by atoms with Crippen LogP contribution in [0.25, 0.3) is 11.0 Å². The first kappa shape index (κ1) is 11.1. The average Bonchev–Trinajstić information content (AvgIpc) is 3.07. The average molecular weight is 249 g/mol. The summed E-state index contributed by atoms with van der Waals surface area (Å²) in [5, 5.41) is 16.6. The fraction of sp³-hybridized carbons (Fsp3) is 0.417. The van der Waals surface area contributed by atoms with Gasteiger partial charge in [0.25, 0.3) is 0 Å². The highest BCUT2D eigenvalue weighted by Crippen LogP contribution is 2.33. The van der Waals surface area contributed by atoms with E-state index in [1.165, 1.54) is 25.0 Å². The Morgan fingerprint density at radius 3 is 2.94 bits per heavy atom. The van der Waals surface area contributed by atoms with Gasteiger partial charge >= 0.3 is 5.97 Å². The summed E-state index contributed by atoms with van der Waals surface area (Å²) in [6, 6.07) is 2.43. The second-order valence-corrected chi connectivity index (χ2v) is 4.67. The van der Waals surface area contributed by atoms with Crippen LogP contribution < -0.4 is 0 Å². The van der Waals surface area contributed by atoms with E-state index in [1.807, 2.05) is 0 Å². The summed E-state index contributed by atoms with van der Waals surface area (Å²) in [5.41, 5.74) is 0.611. The first-order chi connectivity index (χ1) is 8.65. The van der Waals surface area contributed by atoms with Crippen LogP contribution in [0.3, 0.4) is 0 Å². The quantitative estimate of drug-likeness (QED) is 0.900. The van der Waals surface area contributed by atoms with Crippen LogP contribution in [0.5, 0.6) is 0 Å². The molecule has 1 aromatic heterocycles. The summed E-state index contributed by atoms with van der Waals surface area (Å²) in [4.78, 5) is 10.8. The number of rotatable bonds is 4. The zero-order valence-corrected chi connectivity index (χ0v) is 9.64. The van der Waals surface area contributed by atoms with Gasteiger partial charge in [-0.05, 0) is 18.4 Å². The minimum Gasteiger partial charge on any atom is -0.478 e. The molecule has 94 valence electrons. The van der Waals surface area contributed by atoms with E-state index >= 15 is 0 Å². The Balaban J connectivity index is 1.96. The first-order valence-electron chi connectivity index (χ1n) is 5.91. The molecule has 1 heterocycles. The molecule has 1 aliphatic rings. The Labute approximate surface area is 102 Å². The number of fused-ring (bicyclic) bond motifs is 1. The van der Waals surface area contributed by atoms with Crippen molar-refractivity contribution in [3.8, 4) is 0 Å². The summed E-state index contributed by atoms with van der Waals surface area (Å²) in [6.07, 6.45) is 3.52. The van der Waals surface area contributed by atoms with E-state index in [9.17, 15) is 9.18 Å². The lowest BCUT2D eigenvalue weighted by Crippen LogP contribution is -2.03. The van der Waals surface area contributed by atoms with E-state index in [-0.39, 0.29) is 5.56 Å². The molecule has 1 N–H and O–H groups in total. The lowest BCUT2D eigenvalue weighted by molar-refractivity contribution is 0.0692. The van der Waals surface area contributed by atoms with Crippen LogP contribution in [0.1, 0.15) is 29.6 Å². The molecule has 1 fully saturated rings. The number of carboxylic acids is 1. The third kappa shape index (κ3) is 1.94. The molecule has 0 unspecified atom stereocenters. The largest absolute Gasteiger partial charge is 0.478 e. The number of benzene rings is 1. The van der Waals surface area contributed by atoms with Crippen molar-refractivity contribution in [3.05, 3.63) is 23.5 Å². The van der Waals surface area contributed by atoms with E-state index in [0.29, 0.717) is 17.6 Å². The number of nitrogens with zero attached hydrogens (tertiary/aromatic N) is 3. The molecule has 0 spiro atoms. The van der Waals surface area contributed by atoms with Crippen LogP contribution in [-0.2, 0) is 6.54 Å². The zero-order valence-electron chi connectivity index (χ0n) is 9.64. The van der Waals surface area contributed by atoms with E-state index in [1.54, 1.807) is 4.68 Å². The molecule has 5 nitrogen and oxygen atoms in total. The van der Waals surface area contributed by atoms with Gasteiger partial charge in [0.05, 0.1) is 11.1 Å². The van der Waals surface area contributed by atoms with Crippen molar-refractivity contribution in [1.82, 2.24) is 15.0 Å². The van der Waals surface area contributed by atoms with Gasteiger partial charge in [0.2, 0.25) is 0 Å². The molecule has 0 amide bonds. The Bertz CT molecular complexity index is 619. The second-order valence-electron chi connectivity index (χ2n) is 4.67. The number of aryl methyl sites for hydroxylation is 1. The van der Waals surface area contributed by atoms with Crippen molar-refractivity contribution < 1.29 is 14.3 Å². The molecule has 18 heavy (non-hydrogen) atoms. The summed E-state index contributed by atoms with van der Waals surface area (Å²) in [7, 11) is 0. The molecule has 0 radical (unpaired) electrons. The van der Waals surface area contributed by atoms with Crippen molar-refractivity contribution >= 4 is 17.0 Å². The molecular weight excluding hydrogens is 237 g/mol. The summed E-state index contributed by atoms with van der Waals surface area (Å²) in [6.45, 7) is 0.701. The summed E-state index contributed by atoms with van der Waals surface area (Å²) < 4.78 is 15.2. The van der Waals surface area contributed by atoms with Crippen LogP contribution in [0.4, 0.5) is 4.39 Å². The van der Waals surface area contributed by atoms with Crippen LogP contribution in [0.2, 0.25) is 0 Å². The lowest BCUT2D eigenvalue weighted by atomic mass is 10.2.